The summed E-state index contributed by atoms with van der Waals surface area (Å²) in [6.07, 6.45) is 1.01. The first-order valence-electron chi connectivity index (χ1n) is 5.34. The maximum absolute atomic E-state index is 10.9. The Bertz CT molecular complexity index is 594. The van der Waals surface area contributed by atoms with E-state index in [-0.39, 0.29) is 38.5 Å². The average Bonchev–Trinajstić information content (AvgIpc) is 2.29. The van der Waals surface area contributed by atoms with Gasteiger partial charge in [-0.2, -0.15) is 14.5 Å². The first-order chi connectivity index (χ1) is 8.04. The molecular formula is C13H15O3SY-. The zero-order valence-corrected chi connectivity index (χ0v) is 14.3. The molecular weight excluding hydrogens is 325 g/mol. The Balaban J connectivity index is 0.000000917. The number of rotatable bonds is 2. The Hall–Kier alpha value is -0.446. The van der Waals surface area contributed by atoms with E-state index < -0.39 is 10.1 Å². The predicted octanol–water partition coefficient (Wildman–Crippen LogP) is 3.00. The molecule has 5 heteroatoms. The molecule has 0 heterocycles. The molecule has 18 heavy (non-hydrogen) atoms. The molecule has 2 aromatic carbocycles. The van der Waals surface area contributed by atoms with E-state index in [2.05, 4.69) is 6.07 Å². The third kappa shape index (κ3) is 5.46. The van der Waals surface area contributed by atoms with Crippen molar-refractivity contribution in [1.82, 2.24) is 0 Å². The molecule has 2 aromatic rings. The van der Waals surface area contributed by atoms with Crippen LogP contribution in [-0.2, 0) is 42.8 Å². The summed E-state index contributed by atoms with van der Waals surface area (Å²) >= 11 is 0. The number of fused-ring (bicyclic) bond motifs is 1. The molecule has 2 rings (SSSR count). The van der Waals surface area contributed by atoms with Crippen LogP contribution in [0.4, 0.5) is 0 Å². The molecule has 0 fully saturated rings. The minimum Gasteiger partial charge on any atom is -0.410 e. The van der Waals surface area contributed by atoms with Gasteiger partial charge in [-0.25, -0.2) is 0 Å². The Labute approximate surface area is 134 Å². The SMILES string of the molecule is CC.CS(=O)(=O)Oc1[c-]cc2ccccc2c1.[Y]. The first kappa shape index (κ1) is 17.6. The van der Waals surface area contributed by atoms with Crippen molar-refractivity contribution < 1.29 is 45.3 Å². The van der Waals surface area contributed by atoms with Crippen LogP contribution >= 0.6 is 0 Å². The fraction of sp³-hybridized carbons (Fsp3) is 0.231. The number of benzene rings is 2. The van der Waals surface area contributed by atoms with E-state index in [9.17, 15) is 8.42 Å². The molecule has 0 N–H and O–H groups in total. The van der Waals surface area contributed by atoms with Gasteiger partial charge in [0.05, 0.1) is 6.26 Å². The molecule has 0 spiro atoms. The Morgan fingerprint density at radius 3 is 2.22 bits per heavy atom. The minimum atomic E-state index is -3.48. The molecule has 0 aromatic heterocycles. The van der Waals surface area contributed by atoms with Crippen LogP contribution in [0.15, 0.2) is 36.4 Å². The molecule has 0 aliphatic rings. The summed E-state index contributed by atoms with van der Waals surface area (Å²) in [5.74, 6) is 0.219. The minimum absolute atomic E-state index is 0. The topological polar surface area (TPSA) is 43.4 Å². The van der Waals surface area contributed by atoms with Crippen LogP contribution < -0.4 is 4.18 Å². The molecule has 0 aliphatic heterocycles. The molecule has 0 saturated carbocycles. The Morgan fingerprint density at radius 1 is 1.11 bits per heavy atom. The van der Waals surface area contributed by atoms with E-state index >= 15 is 0 Å². The van der Waals surface area contributed by atoms with Gasteiger partial charge in [0.15, 0.2) is 0 Å². The third-order valence-corrected chi connectivity index (χ3v) is 2.38. The van der Waals surface area contributed by atoms with Gasteiger partial charge < -0.3 is 4.18 Å². The second-order valence-electron chi connectivity index (χ2n) is 3.21. The van der Waals surface area contributed by atoms with E-state index in [4.69, 9.17) is 4.18 Å². The van der Waals surface area contributed by atoms with Crippen LogP contribution in [0.1, 0.15) is 13.8 Å². The van der Waals surface area contributed by atoms with Gasteiger partial charge in [0.1, 0.15) is 0 Å². The first-order valence-corrected chi connectivity index (χ1v) is 7.16. The normalized spacial score (nSPS) is 9.94. The Morgan fingerprint density at radius 2 is 1.67 bits per heavy atom. The van der Waals surface area contributed by atoms with Crippen molar-refractivity contribution in [2.75, 3.05) is 6.26 Å². The van der Waals surface area contributed by atoms with Gasteiger partial charge >= 0.3 is 10.1 Å². The summed E-state index contributed by atoms with van der Waals surface area (Å²) in [4.78, 5) is 0. The predicted molar refractivity (Wildman–Crippen MR) is 69.6 cm³/mol. The zero-order valence-electron chi connectivity index (χ0n) is 10.7. The molecule has 0 saturated heterocycles. The van der Waals surface area contributed by atoms with Crippen LogP contribution in [0.3, 0.4) is 0 Å². The fourth-order valence-electron chi connectivity index (χ4n) is 1.32. The summed E-state index contributed by atoms with van der Waals surface area (Å²) in [5, 5.41) is 1.92. The van der Waals surface area contributed by atoms with E-state index in [1.807, 2.05) is 38.1 Å². The van der Waals surface area contributed by atoms with Crippen LogP contribution in [0.2, 0.25) is 0 Å². The van der Waals surface area contributed by atoms with E-state index in [1.165, 1.54) is 0 Å². The Kier molecular flexibility index (Phi) is 7.68. The van der Waals surface area contributed by atoms with E-state index in [0.717, 1.165) is 17.0 Å². The van der Waals surface area contributed by atoms with Crippen LogP contribution in [0.25, 0.3) is 10.8 Å². The van der Waals surface area contributed by atoms with Gasteiger partial charge in [-0.1, -0.05) is 32.0 Å². The van der Waals surface area contributed by atoms with Gasteiger partial charge in [-0.05, 0) is 0 Å². The second-order valence-corrected chi connectivity index (χ2v) is 4.79. The largest absolute Gasteiger partial charge is 0.410 e. The van der Waals surface area contributed by atoms with Gasteiger partial charge in [0.2, 0.25) is 0 Å². The summed E-state index contributed by atoms with van der Waals surface area (Å²) in [6, 6.07) is 13.7. The van der Waals surface area contributed by atoms with Crippen molar-refractivity contribution in [2.24, 2.45) is 0 Å². The van der Waals surface area contributed by atoms with Crippen molar-refractivity contribution in [3.8, 4) is 5.75 Å². The van der Waals surface area contributed by atoms with Crippen molar-refractivity contribution in [1.29, 1.82) is 0 Å². The van der Waals surface area contributed by atoms with Gasteiger partial charge in [-0.15, -0.1) is 29.0 Å². The van der Waals surface area contributed by atoms with Gasteiger partial charge in [0, 0.05) is 38.5 Å². The zero-order chi connectivity index (χ0) is 12.9. The molecule has 95 valence electrons. The van der Waals surface area contributed by atoms with Crippen molar-refractivity contribution >= 4 is 20.9 Å². The summed E-state index contributed by atoms with van der Waals surface area (Å²) in [7, 11) is -3.48. The van der Waals surface area contributed by atoms with Crippen molar-refractivity contribution in [3.63, 3.8) is 0 Å². The second kappa shape index (κ2) is 7.87. The van der Waals surface area contributed by atoms with Gasteiger partial charge in [0.25, 0.3) is 0 Å². The summed E-state index contributed by atoms with van der Waals surface area (Å²) < 4.78 is 26.5. The van der Waals surface area contributed by atoms with Crippen LogP contribution in [-0.4, -0.2) is 14.7 Å². The van der Waals surface area contributed by atoms with Crippen molar-refractivity contribution in [3.05, 3.63) is 42.5 Å². The van der Waals surface area contributed by atoms with Crippen molar-refractivity contribution in [2.45, 2.75) is 13.8 Å². The summed E-state index contributed by atoms with van der Waals surface area (Å²) in [5.41, 5.74) is 0. The van der Waals surface area contributed by atoms with E-state index in [0.29, 0.717) is 0 Å². The average molecular weight is 340 g/mol. The number of hydrogen-bond donors (Lipinski definition) is 0. The maximum Gasteiger partial charge on any atom is 0.304 e. The fourth-order valence-corrected chi connectivity index (χ4v) is 1.74. The molecule has 0 amide bonds. The maximum atomic E-state index is 10.9. The third-order valence-electron chi connectivity index (χ3n) is 1.89. The molecule has 0 unspecified atom stereocenters. The van der Waals surface area contributed by atoms with Gasteiger partial charge in [-0.3, -0.25) is 0 Å². The standard InChI is InChI=1S/C11H9O3S.C2H6.Y/c1-15(12,13)14-11-7-6-9-4-2-3-5-10(9)8-11;1-2;/h2-6,8H,1H3;1-2H3;/q-1;;. The molecule has 0 bridgehead atoms. The molecule has 1 radical (unpaired) electrons. The summed E-state index contributed by atoms with van der Waals surface area (Å²) in [6.45, 7) is 4.00. The smallest absolute Gasteiger partial charge is 0.304 e. The molecule has 0 atom stereocenters. The van der Waals surface area contributed by atoms with Crippen LogP contribution in [0.5, 0.6) is 5.75 Å². The van der Waals surface area contributed by atoms with E-state index in [1.54, 1.807) is 12.1 Å². The monoisotopic (exact) mass is 340 g/mol. The quantitative estimate of drug-likeness (QED) is 0.624. The molecule has 0 aliphatic carbocycles. The van der Waals surface area contributed by atoms with Crippen LogP contribution in [0, 0.1) is 6.07 Å². The number of hydrogen-bond acceptors (Lipinski definition) is 3. The molecule has 3 nitrogen and oxygen atoms in total.